The molecule has 3 aliphatic rings. The highest BCUT2D eigenvalue weighted by molar-refractivity contribution is 5.92. The number of carboxylic acids is 1. The number of hydrogen-bond acceptors (Lipinski definition) is 6. The number of urea groups is 1. The van der Waals surface area contributed by atoms with Crippen LogP contribution in [0.3, 0.4) is 0 Å². The Morgan fingerprint density at radius 2 is 1.63 bits per heavy atom. The van der Waals surface area contributed by atoms with Crippen LogP contribution in [-0.4, -0.2) is 90.7 Å². The van der Waals surface area contributed by atoms with Gasteiger partial charge in [0.15, 0.2) is 0 Å². The quantitative estimate of drug-likeness (QED) is 0.149. The van der Waals surface area contributed by atoms with Crippen molar-refractivity contribution in [3.05, 3.63) is 114 Å². The number of benzene rings is 3. The summed E-state index contributed by atoms with van der Waals surface area (Å²) >= 11 is 0. The Labute approximate surface area is 353 Å². The van der Waals surface area contributed by atoms with Gasteiger partial charge in [-0.3, -0.25) is 14.4 Å². The number of carbonyl (C=O) groups is 4. The SMILES string of the molecule is C=CCN1CC(=O)N2[C@@H](Cc3ccc(OC(C)(C)C)cc3)C(=O)N(Cc3cccc4c(C5CCCCC(C(=O)O)CCC5)cn(C)c34)C[C@@H]2N1C(=O)NCc1ccccc1. The van der Waals surface area contributed by atoms with E-state index in [1.165, 1.54) is 5.56 Å². The van der Waals surface area contributed by atoms with E-state index in [1.54, 1.807) is 21.0 Å². The molecule has 2 aliphatic heterocycles. The lowest BCUT2D eigenvalue weighted by molar-refractivity contribution is -0.189. The van der Waals surface area contributed by atoms with E-state index >= 15 is 0 Å². The van der Waals surface area contributed by atoms with E-state index in [-0.39, 0.29) is 62.0 Å². The molecule has 3 heterocycles. The van der Waals surface area contributed by atoms with Crippen molar-refractivity contribution in [1.29, 1.82) is 0 Å². The normalized spacial score (nSPS) is 21.8. The molecule has 0 spiro atoms. The van der Waals surface area contributed by atoms with Crippen LogP contribution in [0.2, 0.25) is 0 Å². The van der Waals surface area contributed by atoms with E-state index in [0.29, 0.717) is 24.6 Å². The monoisotopic (exact) mass is 816 g/mol. The molecular weight excluding hydrogens is 757 g/mol. The van der Waals surface area contributed by atoms with Crippen molar-refractivity contribution in [3.8, 4) is 5.75 Å². The minimum absolute atomic E-state index is 0.0764. The summed E-state index contributed by atoms with van der Waals surface area (Å²) in [6, 6.07) is 22.4. The van der Waals surface area contributed by atoms with Crippen molar-refractivity contribution >= 4 is 34.7 Å². The summed E-state index contributed by atoms with van der Waals surface area (Å²) < 4.78 is 8.23. The third-order valence-corrected chi connectivity index (χ3v) is 12.2. The number of hydrogen-bond donors (Lipinski definition) is 2. The third-order valence-electron chi connectivity index (χ3n) is 12.2. The number of nitrogens with zero attached hydrogens (tertiary/aromatic N) is 5. The number of aliphatic carboxylic acids is 1. The van der Waals surface area contributed by atoms with Crippen molar-refractivity contribution in [2.75, 3.05) is 19.6 Å². The third kappa shape index (κ3) is 9.54. The van der Waals surface area contributed by atoms with Gasteiger partial charge in [0, 0.05) is 44.7 Å². The van der Waals surface area contributed by atoms with Crippen LogP contribution >= 0.6 is 0 Å². The summed E-state index contributed by atoms with van der Waals surface area (Å²) in [5.74, 6) is -0.346. The first-order valence-corrected chi connectivity index (χ1v) is 21.5. The Hall–Kier alpha value is -5.62. The van der Waals surface area contributed by atoms with Gasteiger partial charge in [0.2, 0.25) is 11.8 Å². The Bertz CT molecular complexity index is 2180. The fourth-order valence-corrected chi connectivity index (χ4v) is 9.45. The first-order chi connectivity index (χ1) is 28.8. The predicted octanol–water partition coefficient (Wildman–Crippen LogP) is 7.62. The Morgan fingerprint density at radius 3 is 2.35 bits per heavy atom. The highest BCUT2D eigenvalue weighted by atomic mass is 16.5. The molecule has 1 aliphatic carbocycles. The summed E-state index contributed by atoms with van der Waals surface area (Å²) in [5.41, 5.74) is 4.72. The van der Waals surface area contributed by atoms with E-state index < -0.39 is 18.2 Å². The topological polar surface area (TPSA) is 128 Å². The summed E-state index contributed by atoms with van der Waals surface area (Å²) in [6.45, 7) is 10.8. The van der Waals surface area contributed by atoms with Crippen LogP contribution in [0, 0.1) is 5.92 Å². The van der Waals surface area contributed by atoms with Gasteiger partial charge in [-0.2, -0.15) is 0 Å². The predicted molar refractivity (Wildman–Crippen MR) is 232 cm³/mol. The molecule has 12 nitrogen and oxygen atoms in total. The van der Waals surface area contributed by atoms with Crippen LogP contribution in [0.5, 0.6) is 5.75 Å². The van der Waals surface area contributed by atoms with Crippen LogP contribution in [0.4, 0.5) is 4.79 Å². The largest absolute Gasteiger partial charge is 0.488 e. The highest BCUT2D eigenvalue weighted by Crippen LogP contribution is 2.38. The molecule has 60 heavy (non-hydrogen) atoms. The van der Waals surface area contributed by atoms with E-state index in [4.69, 9.17) is 4.74 Å². The molecule has 2 N–H and O–H groups in total. The molecule has 0 radical (unpaired) electrons. The van der Waals surface area contributed by atoms with Gasteiger partial charge >= 0.3 is 12.0 Å². The zero-order chi connectivity index (χ0) is 42.6. The molecule has 0 bridgehead atoms. The lowest BCUT2D eigenvalue weighted by Crippen LogP contribution is -2.76. The number of nitrogens with one attached hydrogen (secondary N) is 1. The zero-order valence-corrected chi connectivity index (χ0v) is 35.5. The number of carbonyl (C=O) groups excluding carboxylic acids is 3. The van der Waals surface area contributed by atoms with Crippen molar-refractivity contribution in [3.63, 3.8) is 0 Å². The van der Waals surface area contributed by atoms with Gasteiger partial charge in [-0.1, -0.05) is 86.0 Å². The summed E-state index contributed by atoms with van der Waals surface area (Å²) in [5, 5.41) is 17.3. The number of piperazine rings is 1. The molecule has 4 aromatic rings. The molecule has 7 rings (SSSR count). The van der Waals surface area contributed by atoms with Crippen LogP contribution in [0.15, 0.2) is 91.6 Å². The average Bonchev–Trinajstić information content (AvgIpc) is 3.61. The molecule has 2 saturated heterocycles. The van der Waals surface area contributed by atoms with Gasteiger partial charge in [-0.05, 0) is 86.8 Å². The lowest BCUT2D eigenvalue weighted by Gasteiger charge is -2.55. The molecular formula is C48H60N6O6. The second kappa shape index (κ2) is 18.3. The second-order valence-corrected chi connectivity index (χ2v) is 17.7. The van der Waals surface area contributed by atoms with Gasteiger partial charge in [-0.25, -0.2) is 14.8 Å². The minimum atomic E-state index is -0.863. The minimum Gasteiger partial charge on any atom is -0.488 e. The Balaban J connectivity index is 1.22. The smallest absolute Gasteiger partial charge is 0.334 e. The number of ether oxygens (including phenoxy) is 1. The first kappa shape index (κ1) is 42.5. The summed E-state index contributed by atoms with van der Waals surface area (Å²) in [6.07, 6.45) is 9.49. The first-order valence-electron chi connectivity index (χ1n) is 21.5. The number of amides is 4. The number of aromatic nitrogens is 1. The lowest BCUT2D eigenvalue weighted by atomic mass is 9.89. The molecule has 4 amide bonds. The number of hydrazine groups is 1. The van der Waals surface area contributed by atoms with Crippen LogP contribution < -0.4 is 10.1 Å². The van der Waals surface area contributed by atoms with Crippen molar-refractivity contribution in [2.24, 2.45) is 13.0 Å². The maximum atomic E-state index is 14.9. The maximum Gasteiger partial charge on any atom is 0.334 e. The molecule has 1 saturated carbocycles. The van der Waals surface area contributed by atoms with E-state index in [0.717, 1.165) is 66.1 Å². The van der Waals surface area contributed by atoms with Crippen molar-refractivity contribution < 1.29 is 29.0 Å². The molecule has 3 aromatic carbocycles. The zero-order valence-electron chi connectivity index (χ0n) is 35.5. The molecule has 12 heteroatoms. The number of carboxylic acid groups (broad SMARTS) is 1. The second-order valence-electron chi connectivity index (χ2n) is 17.7. The number of para-hydroxylation sites is 1. The fourth-order valence-electron chi connectivity index (χ4n) is 9.45. The molecule has 2 unspecified atom stereocenters. The van der Waals surface area contributed by atoms with Crippen molar-refractivity contribution in [1.82, 2.24) is 29.7 Å². The van der Waals surface area contributed by atoms with Crippen LogP contribution in [-0.2, 0) is 40.9 Å². The van der Waals surface area contributed by atoms with E-state index in [1.807, 2.05) is 87.3 Å². The van der Waals surface area contributed by atoms with Gasteiger partial charge in [0.1, 0.15) is 23.6 Å². The standard InChI is InChI=1S/C48H60N6O6/c1-6-26-52-32-43(55)53-41(27-33-22-24-38(25-23-33)60-48(2,3)4)45(56)51(31-42(53)54(52)47(59)49-28-34-14-8-7-9-15-34)29-37-20-13-21-39-40(30-50(5)44(37)39)35-16-10-11-17-36(46(57)58)19-12-18-35/h6-9,13-15,20-25,30,35-36,41-42H,1,10-12,16-19,26-29,31-32H2,2-5H3,(H,49,59)(H,57,58)/t35?,36?,41-,42-/m0/s1. The molecule has 4 atom stereocenters. The molecule has 318 valence electrons. The molecule has 3 fully saturated rings. The Kier molecular flexibility index (Phi) is 13.0. The van der Waals surface area contributed by atoms with Crippen LogP contribution in [0.25, 0.3) is 10.9 Å². The average molecular weight is 817 g/mol. The molecule has 1 aromatic heterocycles. The summed E-state index contributed by atoms with van der Waals surface area (Å²) in [4.78, 5) is 58.8. The highest BCUT2D eigenvalue weighted by Gasteiger charge is 2.51. The van der Waals surface area contributed by atoms with E-state index in [9.17, 15) is 24.3 Å². The van der Waals surface area contributed by atoms with Gasteiger partial charge in [-0.15, -0.1) is 6.58 Å². The van der Waals surface area contributed by atoms with Crippen molar-refractivity contribution in [2.45, 2.75) is 109 Å². The summed E-state index contributed by atoms with van der Waals surface area (Å²) in [7, 11) is 2.05. The Morgan fingerprint density at radius 1 is 0.917 bits per heavy atom. The fraction of sp³-hybridized carbons (Fsp3) is 0.458. The number of fused-ring (bicyclic) bond motifs is 2. The number of aryl methyl sites for hydroxylation is 1. The van der Waals surface area contributed by atoms with Gasteiger partial charge in [0.05, 0.1) is 24.5 Å². The maximum absolute atomic E-state index is 14.9. The van der Waals surface area contributed by atoms with Crippen LogP contribution in [0.1, 0.15) is 93.9 Å². The van der Waals surface area contributed by atoms with Gasteiger partial charge in [0.25, 0.3) is 0 Å². The van der Waals surface area contributed by atoms with E-state index in [2.05, 4.69) is 40.9 Å². The number of rotatable bonds is 11. The van der Waals surface area contributed by atoms with Gasteiger partial charge < -0.3 is 29.5 Å².